The third-order valence-corrected chi connectivity index (χ3v) is 3.69. The van der Waals surface area contributed by atoms with Crippen molar-refractivity contribution in [3.05, 3.63) is 70.0 Å². The van der Waals surface area contributed by atoms with Crippen LogP contribution in [0.2, 0.25) is 0 Å². The van der Waals surface area contributed by atoms with Crippen LogP contribution in [0.4, 0.5) is 0 Å². The Kier molecular flexibility index (Phi) is 4.13. The van der Waals surface area contributed by atoms with Gasteiger partial charge in [-0.2, -0.15) is 20.1 Å². The zero-order valence-corrected chi connectivity index (χ0v) is 13.2. The second-order valence-electron chi connectivity index (χ2n) is 4.92. The van der Waals surface area contributed by atoms with Crippen molar-refractivity contribution >= 4 is 18.4 Å². The van der Waals surface area contributed by atoms with Crippen molar-refractivity contribution in [2.75, 3.05) is 0 Å². The highest BCUT2D eigenvalue weighted by molar-refractivity contribution is 7.71. The fourth-order valence-electron chi connectivity index (χ4n) is 2.23. The molecular weight excluding hydrogens is 306 g/mol. The van der Waals surface area contributed by atoms with Crippen molar-refractivity contribution < 1.29 is 0 Å². The first kappa shape index (κ1) is 14.9. The molecule has 0 fully saturated rings. The van der Waals surface area contributed by atoms with Gasteiger partial charge in [-0.1, -0.05) is 42.5 Å². The van der Waals surface area contributed by atoms with Gasteiger partial charge in [0.05, 0.1) is 17.8 Å². The molecule has 1 aromatic heterocycles. The molecule has 1 N–H and O–H groups in total. The number of aromatic nitrogens is 3. The summed E-state index contributed by atoms with van der Waals surface area (Å²) in [5, 5.41) is 20.6. The molecule has 23 heavy (non-hydrogen) atoms. The summed E-state index contributed by atoms with van der Waals surface area (Å²) < 4.78 is 1.96. The maximum Gasteiger partial charge on any atom is 0.216 e. The zero-order valence-electron chi connectivity index (χ0n) is 12.4. The van der Waals surface area contributed by atoms with Crippen molar-refractivity contribution in [3.8, 4) is 17.5 Å². The van der Waals surface area contributed by atoms with E-state index < -0.39 is 0 Å². The number of H-pyrrole nitrogens is 1. The summed E-state index contributed by atoms with van der Waals surface area (Å²) in [6, 6.07) is 17.3. The van der Waals surface area contributed by atoms with Crippen molar-refractivity contribution in [1.29, 1.82) is 5.26 Å². The number of nitrogens with zero attached hydrogens (tertiary/aromatic N) is 4. The number of rotatable bonds is 3. The molecule has 0 radical (unpaired) electrons. The Morgan fingerprint density at radius 1 is 1.22 bits per heavy atom. The minimum Gasteiger partial charge on any atom is -0.250 e. The average Bonchev–Trinajstić information content (AvgIpc) is 2.94. The van der Waals surface area contributed by atoms with Gasteiger partial charge in [0.25, 0.3) is 0 Å². The highest BCUT2D eigenvalue weighted by atomic mass is 32.1. The Labute approximate surface area is 138 Å². The maximum atomic E-state index is 9.14. The van der Waals surface area contributed by atoms with E-state index in [4.69, 9.17) is 17.5 Å². The van der Waals surface area contributed by atoms with Crippen LogP contribution in [-0.4, -0.2) is 21.1 Å². The molecule has 2 aromatic carbocycles. The number of aryl methyl sites for hydroxylation is 1. The summed E-state index contributed by atoms with van der Waals surface area (Å²) in [5.74, 6) is 0.638. The highest BCUT2D eigenvalue weighted by Gasteiger charge is 2.10. The molecule has 0 bridgehead atoms. The largest absolute Gasteiger partial charge is 0.250 e. The number of hydrogen-bond acceptors (Lipinski definition) is 4. The van der Waals surface area contributed by atoms with Crippen molar-refractivity contribution in [1.82, 2.24) is 14.9 Å². The van der Waals surface area contributed by atoms with Gasteiger partial charge in [-0.05, 0) is 30.8 Å². The van der Waals surface area contributed by atoms with Gasteiger partial charge in [-0.25, -0.2) is 5.10 Å². The van der Waals surface area contributed by atoms with Crippen LogP contribution in [-0.2, 0) is 0 Å². The Balaban J connectivity index is 2.07. The zero-order chi connectivity index (χ0) is 16.2. The predicted molar refractivity (Wildman–Crippen MR) is 91.7 cm³/mol. The first-order valence-electron chi connectivity index (χ1n) is 6.97. The van der Waals surface area contributed by atoms with Crippen LogP contribution in [0.1, 0.15) is 16.7 Å². The average molecular weight is 319 g/mol. The second kappa shape index (κ2) is 6.38. The summed E-state index contributed by atoms with van der Waals surface area (Å²) >= 11 is 5.26. The Hall–Kier alpha value is -3.04. The Bertz CT molecular complexity index is 975. The Morgan fingerprint density at radius 2 is 1.96 bits per heavy atom. The second-order valence-corrected chi connectivity index (χ2v) is 5.31. The minimum atomic E-state index is 0.397. The lowest BCUT2D eigenvalue weighted by Gasteiger charge is -2.04. The Morgan fingerprint density at radius 3 is 2.74 bits per heavy atom. The van der Waals surface area contributed by atoms with Crippen LogP contribution in [0.25, 0.3) is 11.4 Å². The molecule has 1 heterocycles. The van der Waals surface area contributed by atoms with Crippen LogP contribution in [0.3, 0.4) is 0 Å². The molecule has 5 nitrogen and oxygen atoms in total. The van der Waals surface area contributed by atoms with E-state index in [2.05, 4.69) is 21.4 Å². The van der Waals surface area contributed by atoms with E-state index in [1.807, 2.05) is 49.4 Å². The van der Waals surface area contributed by atoms with Gasteiger partial charge in [-0.15, -0.1) is 0 Å². The molecule has 0 spiro atoms. The molecule has 0 atom stereocenters. The molecular formula is C17H13N5S. The van der Waals surface area contributed by atoms with Crippen molar-refractivity contribution in [3.63, 3.8) is 0 Å². The van der Waals surface area contributed by atoms with E-state index in [-0.39, 0.29) is 0 Å². The smallest absolute Gasteiger partial charge is 0.216 e. The third kappa shape index (κ3) is 2.96. The predicted octanol–water partition coefficient (Wildman–Crippen LogP) is 3.67. The summed E-state index contributed by atoms with van der Waals surface area (Å²) in [7, 11) is 0. The summed E-state index contributed by atoms with van der Waals surface area (Å²) in [4.78, 5) is 0. The third-order valence-electron chi connectivity index (χ3n) is 3.43. The summed E-state index contributed by atoms with van der Waals surface area (Å²) in [6.45, 7) is 2.01. The maximum absolute atomic E-state index is 9.14. The van der Waals surface area contributed by atoms with E-state index >= 15 is 0 Å². The van der Waals surface area contributed by atoms with Crippen LogP contribution in [0, 0.1) is 23.0 Å². The molecule has 0 aliphatic rings. The first-order chi connectivity index (χ1) is 11.2. The SMILES string of the molecule is Cc1ccccc1-c1n[nH]c(=S)n1/N=C/c1ccccc1C#N. The van der Waals surface area contributed by atoms with Crippen LogP contribution >= 0.6 is 12.2 Å². The lowest BCUT2D eigenvalue weighted by molar-refractivity contribution is 0.870. The lowest BCUT2D eigenvalue weighted by Crippen LogP contribution is -1.97. The van der Waals surface area contributed by atoms with Gasteiger partial charge in [0, 0.05) is 11.1 Å². The van der Waals surface area contributed by atoms with Crippen LogP contribution in [0.5, 0.6) is 0 Å². The fraction of sp³-hybridized carbons (Fsp3) is 0.0588. The van der Waals surface area contributed by atoms with Gasteiger partial charge in [0.2, 0.25) is 4.77 Å². The standard InChI is InChI=1S/C17H13N5S/c1-12-6-2-5-9-15(12)16-20-21-17(23)22(16)19-11-14-8-4-3-7-13(14)10-18/h2-9,11H,1H3,(H,21,23)/b19-11+. The monoisotopic (exact) mass is 319 g/mol. The van der Waals surface area contributed by atoms with Gasteiger partial charge >= 0.3 is 0 Å². The summed E-state index contributed by atoms with van der Waals surface area (Å²) in [5.41, 5.74) is 3.32. The van der Waals surface area contributed by atoms with Crippen molar-refractivity contribution in [2.24, 2.45) is 5.10 Å². The van der Waals surface area contributed by atoms with Gasteiger partial charge in [0.15, 0.2) is 5.82 Å². The molecule has 0 aliphatic carbocycles. The molecule has 0 amide bonds. The first-order valence-corrected chi connectivity index (χ1v) is 7.38. The number of nitrogens with one attached hydrogen (secondary N) is 1. The van der Waals surface area contributed by atoms with Crippen molar-refractivity contribution in [2.45, 2.75) is 6.92 Å². The van der Waals surface area contributed by atoms with Gasteiger partial charge in [0.1, 0.15) is 0 Å². The fourth-order valence-corrected chi connectivity index (χ4v) is 2.41. The van der Waals surface area contributed by atoms with Gasteiger partial charge < -0.3 is 0 Å². The van der Waals surface area contributed by atoms with Gasteiger partial charge in [-0.3, -0.25) is 0 Å². The molecule has 0 saturated heterocycles. The van der Waals surface area contributed by atoms with E-state index in [0.29, 0.717) is 16.2 Å². The van der Waals surface area contributed by atoms with Crippen LogP contribution < -0.4 is 0 Å². The number of nitriles is 1. The number of hydrogen-bond donors (Lipinski definition) is 1. The molecule has 0 aliphatic heterocycles. The molecule has 3 rings (SSSR count). The highest BCUT2D eigenvalue weighted by Crippen LogP contribution is 2.21. The molecule has 0 unspecified atom stereocenters. The van der Waals surface area contributed by atoms with Crippen LogP contribution in [0.15, 0.2) is 53.6 Å². The molecule has 112 valence electrons. The normalized spacial score (nSPS) is 10.8. The lowest BCUT2D eigenvalue weighted by atomic mass is 10.1. The van der Waals surface area contributed by atoms with E-state index in [9.17, 15) is 0 Å². The number of benzene rings is 2. The molecule has 3 aromatic rings. The molecule has 6 heteroatoms. The van der Waals surface area contributed by atoms with E-state index in [1.165, 1.54) is 0 Å². The number of aromatic amines is 1. The molecule has 0 saturated carbocycles. The minimum absolute atomic E-state index is 0.397. The summed E-state index contributed by atoms with van der Waals surface area (Å²) in [6.07, 6.45) is 1.62. The topological polar surface area (TPSA) is 69.8 Å². The van der Waals surface area contributed by atoms with E-state index in [0.717, 1.165) is 16.7 Å². The van der Waals surface area contributed by atoms with E-state index in [1.54, 1.807) is 17.0 Å². The quantitative estimate of drug-likeness (QED) is 0.591.